The highest BCUT2D eigenvalue weighted by atomic mass is 16.5. The van der Waals surface area contributed by atoms with E-state index in [-0.39, 0.29) is 52.0 Å². The van der Waals surface area contributed by atoms with Crippen LogP contribution in [0.4, 0.5) is 0 Å². The summed E-state index contributed by atoms with van der Waals surface area (Å²) in [4.78, 5) is 26.5. The van der Waals surface area contributed by atoms with Crippen molar-refractivity contribution in [1.82, 2.24) is 0 Å². The Morgan fingerprint density at radius 1 is 0.896 bits per heavy atom. The van der Waals surface area contributed by atoms with Gasteiger partial charge >= 0.3 is 11.9 Å². The zero-order valence-corrected chi connectivity index (χ0v) is 30.4. The first-order valence-corrected chi connectivity index (χ1v) is 18.1. The third-order valence-corrected chi connectivity index (χ3v) is 15.0. The zero-order valence-electron chi connectivity index (χ0n) is 30.4. The Hall–Kier alpha value is -2.64. The average molecular weight is 663 g/mol. The van der Waals surface area contributed by atoms with E-state index in [1.807, 2.05) is 31.2 Å². The van der Waals surface area contributed by atoms with E-state index < -0.39 is 29.0 Å². The summed E-state index contributed by atoms with van der Waals surface area (Å²) in [6, 6.07) is 7.42. The van der Waals surface area contributed by atoms with Crippen LogP contribution in [-0.4, -0.2) is 55.2 Å². The quantitative estimate of drug-likeness (QED) is 0.184. The van der Waals surface area contributed by atoms with Gasteiger partial charge in [-0.2, -0.15) is 0 Å². The fourth-order valence-corrected chi connectivity index (χ4v) is 12.1. The Bertz CT molecular complexity index is 1480. The van der Waals surface area contributed by atoms with Crippen LogP contribution in [0.5, 0.6) is 5.75 Å². The van der Waals surface area contributed by atoms with Crippen LogP contribution in [0.3, 0.4) is 0 Å². The van der Waals surface area contributed by atoms with E-state index in [0.717, 1.165) is 62.7 Å². The molecule has 7 nitrogen and oxygen atoms in total. The van der Waals surface area contributed by atoms with Gasteiger partial charge in [-0.1, -0.05) is 65.3 Å². The number of carbonyl (C=O) groups excluding carboxylic acids is 2. The van der Waals surface area contributed by atoms with Crippen LogP contribution in [0.1, 0.15) is 105 Å². The SMILES string of the molecule is COC(=O)[C@]12CCC(C)(C)C[C@H]1C1=CC[C@@H]3[C@@]4(C)C[C@@H](O)[C@H](O)[C@@](C)(COC(=O)C=Cc5ccc(OC)cc5)[C@@H]4CC[C@@]3(C)[C@]1(C)CC2. The lowest BCUT2D eigenvalue weighted by molar-refractivity contribution is -0.245. The van der Waals surface area contributed by atoms with Crippen molar-refractivity contribution in [3.8, 4) is 5.75 Å². The molecule has 0 unspecified atom stereocenters. The first kappa shape index (κ1) is 35.2. The van der Waals surface area contributed by atoms with E-state index in [2.05, 4.69) is 40.7 Å². The molecule has 0 radical (unpaired) electrons. The van der Waals surface area contributed by atoms with E-state index in [9.17, 15) is 19.8 Å². The molecule has 10 atom stereocenters. The number of esters is 2. The van der Waals surface area contributed by atoms with E-state index >= 15 is 0 Å². The first-order chi connectivity index (χ1) is 22.5. The second kappa shape index (κ2) is 12.0. The van der Waals surface area contributed by atoms with Crippen LogP contribution >= 0.6 is 0 Å². The van der Waals surface area contributed by atoms with E-state index in [1.165, 1.54) is 11.6 Å². The number of hydrogen-bond acceptors (Lipinski definition) is 7. The predicted octanol–water partition coefficient (Wildman–Crippen LogP) is 7.54. The molecule has 6 rings (SSSR count). The van der Waals surface area contributed by atoms with E-state index in [0.29, 0.717) is 6.42 Å². The molecular weight excluding hydrogens is 604 g/mol. The smallest absolute Gasteiger partial charge is 0.330 e. The highest BCUT2D eigenvalue weighted by Crippen LogP contribution is 2.75. The summed E-state index contributed by atoms with van der Waals surface area (Å²) in [5, 5.41) is 23.1. The van der Waals surface area contributed by atoms with Crippen LogP contribution in [-0.2, 0) is 19.1 Å². The van der Waals surface area contributed by atoms with Crippen molar-refractivity contribution in [3.63, 3.8) is 0 Å². The number of benzene rings is 1. The Morgan fingerprint density at radius 2 is 1.58 bits per heavy atom. The monoisotopic (exact) mass is 662 g/mol. The summed E-state index contributed by atoms with van der Waals surface area (Å²) in [6.07, 6.45) is 11.7. The maximum Gasteiger partial charge on any atom is 0.330 e. The average Bonchev–Trinajstić information content (AvgIpc) is 3.05. The lowest BCUT2D eigenvalue weighted by Crippen LogP contribution is -2.68. The molecular formula is C41H58O7. The van der Waals surface area contributed by atoms with Gasteiger partial charge in [-0.3, -0.25) is 4.79 Å². The number of carbonyl (C=O) groups is 2. The van der Waals surface area contributed by atoms with Gasteiger partial charge in [0.05, 0.1) is 38.4 Å². The topological polar surface area (TPSA) is 102 Å². The number of ether oxygens (including phenoxy) is 3. The lowest BCUT2D eigenvalue weighted by atomic mass is 9.33. The normalized spacial score (nSPS) is 43.1. The van der Waals surface area contributed by atoms with Crippen LogP contribution in [0.2, 0.25) is 0 Å². The predicted molar refractivity (Wildman–Crippen MR) is 186 cm³/mol. The number of aliphatic hydroxyl groups excluding tert-OH is 2. The molecule has 1 aromatic rings. The molecule has 4 fully saturated rings. The van der Waals surface area contributed by atoms with Gasteiger partial charge in [0, 0.05) is 11.5 Å². The molecule has 0 heterocycles. The summed E-state index contributed by atoms with van der Waals surface area (Å²) < 4.78 is 16.6. The second-order valence-electron chi connectivity index (χ2n) is 17.8. The number of allylic oxidation sites excluding steroid dienone is 2. The minimum atomic E-state index is -0.997. The number of methoxy groups -OCH3 is 2. The Labute approximate surface area is 287 Å². The van der Waals surface area contributed by atoms with E-state index in [1.54, 1.807) is 20.3 Å². The molecule has 0 bridgehead atoms. The highest BCUT2D eigenvalue weighted by molar-refractivity contribution is 5.87. The standard InChI is InChI=1S/C41H58O7/c1-36(2)19-21-41(35(45)47-8)22-20-39(5)28(29(41)23-36)14-15-32-37(3)24-30(42)34(44)38(4,31(37)17-18-40(32,39)6)25-48-33(43)16-11-26-9-12-27(46-7)13-10-26/h9-14,16,29-32,34,42,44H,15,17-25H2,1-8H3/t29-,30+,31+,32+,34-,37-,38-,39+,40+,41-/m0/s1. The number of aliphatic hydroxyl groups is 2. The van der Waals surface area contributed by atoms with Gasteiger partial charge in [-0.05, 0) is 121 Å². The van der Waals surface area contributed by atoms with Crippen molar-refractivity contribution in [3.05, 3.63) is 47.6 Å². The molecule has 5 aliphatic carbocycles. The summed E-state index contributed by atoms with van der Waals surface area (Å²) in [5.41, 5.74) is 0.812. The minimum absolute atomic E-state index is 0.0394. The molecule has 1 aromatic carbocycles. The molecule has 0 amide bonds. The largest absolute Gasteiger partial charge is 0.497 e. The summed E-state index contributed by atoms with van der Waals surface area (Å²) >= 11 is 0. The minimum Gasteiger partial charge on any atom is -0.497 e. The van der Waals surface area contributed by atoms with Crippen molar-refractivity contribution < 1.29 is 34.0 Å². The van der Waals surface area contributed by atoms with Crippen LogP contribution in [0.25, 0.3) is 6.08 Å². The number of hydrogen-bond donors (Lipinski definition) is 2. The van der Waals surface area contributed by atoms with Crippen molar-refractivity contribution in [2.75, 3.05) is 20.8 Å². The maximum atomic E-state index is 13.6. The third-order valence-electron chi connectivity index (χ3n) is 15.0. The van der Waals surface area contributed by atoms with Crippen LogP contribution in [0, 0.1) is 50.2 Å². The Morgan fingerprint density at radius 3 is 2.25 bits per heavy atom. The molecule has 7 heteroatoms. The number of fused-ring (bicyclic) bond motifs is 7. The molecule has 4 saturated carbocycles. The first-order valence-electron chi connectivity index (χ1n) is 18.1. The van der Waals surface area contributed by atoms with Gasteiger partial charge < -0.3 is 24.4 Å². The van der Waals surface area contributed by atoms with Gasteiger partial charge in [0.2, 0.25) is 0 Å². The van der Waals surface area contributed by atoms with Crippen molar-refractivity contribution in [2.45, 2.75) is 112 Å². The van der Waals surface area contributed by atoms with E-state index in [4.69, 9.17) is 14.2 Å². The molecule has 5 aliphatic rings. The molecule has 0 aromatic heterocycles. The Balaban J connectivity index is 1.28. The number of rotatable bonds is 6. The summed E-state index contributed by atoms with van der Waals surface area (Å²) in [6.45, 7) is 14.0. The highest BCUT2D eigenvalue weighted by Gasteiger charge is 2.70. The lowest BCUT2D eigenvalue weighted by Gasteiger charge is -2.71. The molecule has 0 aliphatic heterocycles. The van der Waals surface area contributed by atoms with Gasteiger partial charge in [-0.15, -0.1) is 0 Å². The third kappa shape index (κ3) is 5.20. The zero-order chi connectivity index (χ0) is 34.9. The summed E-state index contributed by atoms with van der Waals surface area (Å²) in [7, 11) is 3.16. The van der Waals surface area contributed by atoms with Crippen molar-refractivity contribution >= 4 is 18.0 Å². The van der Waals surface area contributed by atoms with Crippen LogP contribution in [0.15, 0.2) is 42.0 Å². The van der Waals surface area contributed by atoms with Crippen molar-refractivity contribution in [2.24, 2.45) is 50.2 Å². The molecule has 264 valence electrons. The fourth-order valence-electron chi connectivity index (χ4n) is 12.1. The Kier molecular flexibility index (Phi) is 8.80. The van der Waals surface area contributed by atoms with Crippen LogP contribution < -0.4 is 4.74 Å². The second-order valence-corrected chi connectivity index (χ2v) is 17.8. The summed E-state index contributed by atoms with van der Waals surface area (Å²) in [5.74, 6) is 0.740. The van der Waals surface area contributed by atoms with Gasteiger partial charge in [0.15, 0.2) is 0 Å². The van der Waals surface area contributed by atoms with Crippen molar-refractivity contribution in [1.29, 1.82) is 0 Å². The maximum absolute atomic E-state index is 13.6. The molecule has 0 saturated heterocycles. The molecule has 48 heavy (non-hydrogen) atoms. The van der Waals surface area contributed by atoms with Gasteiger partial charge in [0.25, 0.3) is 0 Å². The van der Waals surface area contributed by atoms with Gasteiger partial charge in [-0.25, -0.2) is 4.79 Å². The fraction of sp³-hybridized carbons (Fsp3) is 0.707. The van der Waals surface area contributed by atoms with Gasteiger partial charge in [0.1, 0.15) is 5.75 Å². The molecule has 0 spiro atoms. The molecule has 2 N–H and O–H groups in total.